The molecule has 2 aliphatic rings. The number of allylic oxidation sites excluding steroid dienone is 1. The molecule has 2 rings (SSSR count). The molecule has 100 valence electrons. The molecule has 1 atom stereocenters. The molecule has 0 spiro atoms. The molecule has 1 saturated heterocycles. The largest absolute Gasteiger partial charge is 0.444 e. The Morgan fingerprint density at radius 3 is 2.83 bits per heavy atom. The second-order valence-corrected chi connectivity index (χ2v) is 7.09. The summed E-state index contributed by atoms with van der Waals surface area (Å²) >= 11 is 2.29. The molecule has 1 unspecified atom stereocenters. The van der Waals surface area contributed by atoms with E-state index < -0.39 is 5.60 Å². The average molecular weight is 362 g/mol. The summed E-state index contributed by atoms with van der Waals surface area (Å²) in [6, 6.07) is 0.128. The Morgan fingerprint density at radius 1 is 1.56 bits per heavy atom. The monoisotopic (exact) mass is 362 g/mol. The minimum absolute atomic E-state index is 0.128. The number of nitrogens with zero attached hydrogens (tertiary/aromatic N) is 2. The van der Waals surface area contributed by atoms with Gasteiger partial charge in [0.1, 0.15) is 5.60 Å². The Bertz CT molecular complexity index is 410. The molecule has 0 aromatic heterocycles. The number of halogens is 1. The molecule has 2 heterocycles. The molecule has 0 aliphatic carbocycles. The highest BCUT2D eigenvalue weighted by atomic mass is 127. The maximum absolute atomic E-state index is 12.1. The summed E-state index contributed by atoms with van der Waals surface area (Å²) in [5, 5.41) is 0. The van der Waals surface area contributed by atoms with Crippen LogP contribution in [0.3, 0.4) is 0 Å². The van der Waals surface area contributed by atoms with Crippen molar-refractivity contribution >= 4 is 34.4 Å². The normalized spacial score (nSPS) is 24.0. The third kappa shape index (κ3) is 3.24. The SMILES string of the molecule is CC(C)(C)OC(=O)N1CCCC1C1=NC=C(I)C1. The van der Waals surface area contributed by atoms with Crippen molar-refractivity contribution in [3.63, 3.8) is 0 Å². The highest BCUT2D eigenvalue weighted by Gasteiger charge is 2.35. The fourth-order valence-corrected chi connectivity index (χ4v) is 2.80. The number of rotatable bonds is 1. The third-order valence-corrected chi connectivity index (χ3v) is 3.65. The first-order chi connectivity index (χ1) is 8.37. The third-order valence-electron chi connectivity index (χ3n) is 2.99. The quantitative estimate of drug-likeness (QED) is 0.670. The summed E-state index contributed by atoms with van der Waals surface area (Å²) in [5.41, 5.74) is 0.664. The van der Waals surface area contributed by atoms with E-state index in [-0.39, 0.29) is 12.1 Å². The van der Waals surface area contributed by atoms with Crippen LogP contribution in [0.1, 0.15) is 40.0 Å². The molecule has 2 aliphatic heterocycles. The minimum Gasteiger partial charge on any atom is -0.444 e. The first kappa shape index (κ1) is 13.8. The van der Waals surface area contributed by atoms with E-state index in [0.29, 0.717) is 0 Å². The van der Waals surface area contributed by atoms with Gasteiger partial charge in [0.25, 0.3) is 0 Å². The predicted molar refractivity (Wildman–Crippen MR) is 80.1 cm³/mol. The maximum atomic E-state index is 12.1. The molecule has 5 heteroatoms. The van der Waals surface area contributed by atoms with E-state index >= 15 is 0 Å². The van der Waals surface area contributed by atoms with Gasteiger partial charge in [0, 0.05) is 28.5 Å². The van der Waals surface area contributed by atoms with Crippen LogP contribution in [0.4, 0.5) is 4.79 Å². The zero-order valence-electron chi connectivity index (χ0n) is 11.1. The van der Waals surface area contributed by atoms with Gasteiger partial charge in [-0.3, -0.25) is 9.89 Å². The van der Waals surface area contributed by atoms with Crippen molar-refractivity contribution in [2.45, 2.75) is 51.7 Å². The van der Waals surface area contributed by atoms with Gasteiger partial charge in [-0.2, -0.15) is 0 Å². The molecule has 18 heavy (non-hydrogen) atoms. The van der Waals surface area contributed by atoms with Crippen molar-refractivity contribution in [2.24, 2.45) is 4.99 Å². The van der Waals surface area contributed by atoms with E-state index in [9.17, 15) is 4.79 Å². The number of aliphatic imine (C=N–C) groups is 1. The Hall–Kier alpha value is -0.590. The molecular formula is C13H19IN2O2. The van der Waals surface area contributed by atoms with Gasteiger partial charge in [-0.15, -0.1) is 0 Å². The van der Waals surface area contributed by atoms with Crippen LogP contribution in [0.25, 0.3) is 0 Å². The lowest BCUT2D eigenvalue weighted by atomic mass is 10.1. The van der Waals surface area contributed by atoms with Crippen LogP contribution in [-0.4, -0.2) is 34.9 Å². The standard InChI is InChI=1S/C13H19IN2O2/c1-13(2,3)18-12(17)16-6-4-5-11(16)10-7-9(14)8-15-10/h8,11H,4-7H2,1-3H3. The topological polar surface area (TPSA) is 41.9 Å². The molecule has 0 N–H and O–H groups in total. The van der Waals surface area contributed by atoms with Gasteiger partial charge in [0.05, 0.1) is 6.04 Å². The number of ether oxygens (including phenoxy) is 1. The zero-order valence-corrected chi connectivity index (χ0v) is 13.2. The van der Waals surface area contributed by atoms with Gasteiger partial charge < -0.3 is 4.74 Å². The van der Waals surface area contributed by atoms with Crippen LogP contribution in [0.2, 0.25) is 0 Å². The summed E-state index contributed by atoms with van der Waals surface area (Å²) < 4.78 is 6.69. The molecule has 1 fully saturated rings. The number of likely N-dealkylation sites (tertiary alicyclic amines) is 1. The van der Waals surface area contributed by atoms with E-state index in [1.54, 1.807) is 0 Å². The van der Waals surface area contributed by atoms with E-state index in [4.69, 9.17) is 4.74 Å². The van der Waals surface area contributed by atoms with Gasteiger partial charge in [-0.1, -0.05) is 0 Å². The van der Waals surface area contributed by atoms with Crippen LogP contribution in [0.5, 0.6) is 0 Å². The molecule has 1 amide bonds. The molecular weight excluding hydrogens is 343 g/mol. The van der Waals surface area contributed by atoms with E-state index in [1.165, 1.54) is 3.58 Å². The molecule has 0 aromatic carbocycles. The lowest BCUT2D eigenvalue weighted by molar-refractivity contribution is 0.0265. The van der Waals surface area contributed by atoms with Crippen molar-refractivity contribution in [2.75, 3.05) is 6.54 Å². The van der Waals surface area contributed by atoms with Crippen LogP contribution in [0.15, 0.2) is 14.8 Å². The first-order valence-electron chi connectivity index (χ1n) is 6.27. The van der Waals surface area contributed by atoms with E-state index in [2.05, 4.69) is 27.6 Å². The van der Waals surface area contributed by atoms with Gasteiger partial charge in [0.15, 0.2) is 0 Å². The van der Waals surface area contributed by atoms with Crippen molar-refractivity contribution < 1.29 is 9.53 Å². The Morgan fingerprint density at radius 2 is 2.28 bits per heavy atom. The Balaban J connectivity index is 2.02. The summed E-state index contributed by atoms with van der Waals surface area (Å²) in [7, 11) is 0. The Labute approximate surface area is 122 Å². The van der Waals surface area contributed by atoms with Gasteiger partial charge in [-0.05, 0) is 56.2 Å². The highest BCUT2D eigenvalue weighted by Crippen LogP contribution is 2.28. The van der Waals surface area contributed by atoms with Crippen LogP contribution in [0, 0.1) is 0 Å². The van der Waals surface area contributed by atoms with Crippen LogP contribution >= 0.6 is 22.6 Å². The number of hydrogen-bond donors (Lipinski definition) is 0. The summed E-state index contributed by atoms with van der Waals surface area (Å²) in [6.07, 6.45) is 4.58. The number of carbonyl (C=O) groups is 1. The molecule has 4 nitrogen and oxygen atoms in total. The van der Waals surface area contributed by atoms with Gasteiger partial charge >= 0.3 is 6.09 Å². The Kier molecular flexibility index (Phi) is 3.99. The molecule has 0 radical (unpaired) electrons. The highest BCUT2D eigenvalue weighted by molar-refractivity contribution is 14.1. The maximum Gasteiger partial charge on any atom is 0.410 e. The fraction of sp³-hybridized carbons (Fsp3) is 0.692. The predicted octanol–water partition coefficient (Wildman–Crippen LogP) is 3.51. The summed E-state index contributed by atoms with van der Waals surface area (Å²) in [4.78, 5) is 18.4. The fourth-order valence-electron chi connectivity index (χ4n) is 2.27. The van der Waals surface area contributed by atoms with Crippen molar-refractivity contribution in [3.8, 4) is 0 Å². The lowest BCUT2D eigenvalue weighted by Gasteiger charge is -2.28. The van der Waals surface area contributed by atoms with E-state index in [1.807, 2.05) is 31.9 Å². The van der Waals surface area contributed by atoms with Crippen LogP contribution < -0.4 is 0 Å². The smallest absolute Gasteiger partial charge is 0.410 e. The van der Waals surface area contributed by atoms with Crippen molar-refractivity contribution in [3.05, 3.63) is 9.78 Å². The molecule has 0 saturated carbocycles. The van der Waals surface area contributed by atoms with E-state index in [0.717, 1.165) is 31.5 Å². The molecule has 0 aromatic rings. The van der Waals surface area contributed by atoms with Gasteiger partial charge in [-0.25, -0.2) is 4.79 Å². The number of hydrogen-bond acceptors (Lipinski definition) is 3. The zero-order chi connectivity index (χ0) is 13.3. The number of amides is 1. The number of carbonyl (C=O) groups excluding carboxylic acids is 1. The molecule has 0 bridgehead atoms. The lowest BCUT2D eigenvalue weighted by Crippen LogP contribution is -2.43. The van der Waals surface area contributed by atoms with Crippen LogP contribution in [-0.2, 0) is 4.74 Å². The minimum atomic E-state index is -0.436. The summed E-state index contributed by atoms with van der Waals surface area (Å²) in [5.74, 6) is 0. The van der Waals surface area contributed by atoms with Gasteiger partial charge in [0.2, 0.25) is 0 Å². The second kappa shape index (κ2) is 5.19. The average Bonchev–Trinajstić information content (AvgIpc) is 2.81. The van der Waals surface area contributed by atoms with Crippen molar-refractivity contribution in [1.82, 2.24) is 4.90 Å². The van der Waals surface area contributed by atoms with Crippen molar-refractivity contribution in [1.29, 1.82) is 0 Å². The summed E-state index contributed by atoms with van der Waals surface area (Å²) in [6.45, 7) is 6.46. The first-order valence-corrected chi connectivity index (χ1v) is 7.35. The second-order valence-electron chi connectivity index (χ2n) is 5.70.